The van der Waals surface area contributed by atoms with Crippen LogP contribution in [0.25, 0.3) is 0 Å². The molecule has 2 aromatic carbocycles. The molecule has 7 nitrogen and oxygen atoms in total. The summed E-state index contributed by atoms with van der Waals surface area (Å²) >= 11 is 0. The Kier molecular flexibility index (Phi) is 8.21. The molecule has 3 N–H and O–H groups in total. The Hall–Kier alpha value is -3.35. The van der Waals surface area contributed by atoms with Crippen molar-refractivity contribution in [2.45, 2.75) is 20.3 Å². The lowest BCUT2D eigenvalue weighted by molar-refractivity contribution is -0.124. The van der Waals surface area contributed by atoms with Crippen LogP contribution in [0.15, 0.2) is 54.6 Å². The van der Waals surface area contributed by atoms with Gasteiger partial charge in [0.25, 0.3) is 0 Å². The number of hydrogen-bond donors (Lipinski definition) is 3. The number of anilines is 2. The highest BCUT2D eigenvalue weighted by molar-refractivity contribution is 5.94. The third kappa shape index (κ3) is 7.29. The molecule has 4 amide bonds. The second-order valence-corrected chi connectivity index (χ2v) is 6.99. The molecule has 0 aliphatic rings. The van der Waals surface area contributed by atoms with E-state index in [9.17, 15) is 14.4 Å². The summed E-state index contributed by atoms with van der Waals surface area (Å²) in [5.74, 6) is -0.143. The minimum Gasteiger partial charge on any atom is -0.354 e. The predicted octanol–water partition coefficient (Wildman–Crippen LogP) is 2.79. The summed E-state index contributed by atoms with van der Waals surface area (Å²) in [5, 5.41) is 8.13. The van der Waals surface area contributed by atoms with Crippen molar-refractivity contribution < 1.29 is 14.4 Å². The standard InChI is InChI=1S/C22H28N4O3/c1-16(2)21(28)23-13-14-24-22(29)25-18-11-9-17(10-12-18)15-20(27)26(3)19-7-5-4-6-8-19/h4-12,16H,13-15H2,1-3H3,(H,23,28)(H2,24,25,29). The largest absolute Gasteiger partial charge is 0.354 e. The minimum absolute atomic E-state index is 0.0157. The monoisotopic (exact) mass is 396 g/mol. The molecule has 29 heavy (non-hydrogen) atoms. The Morgan fingerprint density at radius 3 is 2.14 bits per heavy atom. The van der Waals surface area contributed by atoms with Gasteiger partial charge in [0.05, 0.1) is 6.42 Å². The highest BCUT2D eigenvalue weighted by Crippen LogP contribution is 2.15. The second kappa shape index (κ2) is 10.8. The first-order valence-electron chi connectivity index (χ1n) is 9.60. The van der Waals surface area contributed by atoms with Gasteiger partial charge >= 0.3 is 6.03 Å². The van der Waals surface area contributed by atoms with Crippen molar-refractivity contribution in [3.63, 3.8) is 0 Å². The molecule has 0 fully saturated rings. The van der Waals surface area contributed by atoms with E-state index < -0.39 is 0 Å². The number of nitrogens with zero attached hydrogens (tertiary/aromatic N) is 1. The topological polar surface area (TPSA) is 90.5 Å². The molecule has 154 valence electrons. The van der Waals surface area contributed by atoms with E-state index in [1.54, 1.807) is 24.1 Å². The van der Waals surface area contributed by atoms with Crippen LogP contribution >= 0.6 is 0 Å². The molecule has 0 aliphatic carbocycles. The van der Waals surface area contributed by atoms with Crippen LogP contribution in [-0.2, 0) is 16.0 Å². The molecule has 0 heterocycles. The summed E-state index contributed by atoms with van der Waals surface area (Å²) in [6.07, 6.45) is 0.271. The molecule has 0 atom stereocenters. The smallest absolute Gasteiger partial charge is 0.319 e. The van der Waals surface area contributed by atoms with Crippen molar-refractivity contribution in [2.24, 2.45) is 5.92 Å². The molecule has 0 saturated heterocycles. The average molecular weight is 396 g/mol. The first kappa shape index (κ1) is 21.9. The Morgan fingerprint density at radius 1 is 0.897 bits per heavy atom. The van der Waals surface area contributed by atoms with Crippen molar-refractivity contribution >= 4 is 29.2 Å². The maximum atomic E-state index is 12.4. The van der Waals surface area contributed by atoms with Gasteiger partial charge in [-0.15, -0.1) is 0 Å². The molecular weight excluding hydrogens is 368 g/mol. The quantitative estimate of drug-likeness (QED) is 0.599. The zero-order valence-electron chi connectivity index (χ0n) is 17.1. The SMILES string of the molecule is CC(C)C(=O)NCCNC(=O)Nc1ccc(CC(=O)N(C)c2ccccc2)cc1. The summed E-state index contributed by atoms with van der Waals surface area (Å²) in [6.45, 7) is 4.34. The van der Waals surface area contributed by atoms with Gasteiger partial charge in [0.1, 0.15) is 0 Å². The van der Waals surface area contributed by atoms with Gasteiger partial charge in [-0.3, -0.25) is 9.59 Å². The van der Waals surface area contributed by atoms with Crippen molar-refractivity contribution in [3.8, 4) is 0 Å². The molecule has 0 unspecified atom stereocenters. The molecule has 7 heteroatoms. The van der Waals surface area contributed by atoms with Gasteiger partial charge in [0.15, 0.2) is 0 Å². The van der Waals surface area contributed by atoms with Gasteiger partial charge < -0.3 is 20.9 Å². The number of likely N-dealkylation sites (N-methyl/N-ethyl adjacent to an activating group) is 1. The number of para-hydroxylation sites is 1. The van der Waals surface area contributed by atoms with E-state index >= 15 is 0 Å². The lowest BCUT2D eigenvalue weighted by Gasteiger charge is -2.17. The number of rotatable bonds is 8. The first-order chi connectivity index (χ1) is 13.9. The number of urea groups is 1. The van der Waals surface area contributed by atoms with E-state index in [4.69, 9.17) is 0 Å². The number of carbonyl (C=O) groups excluding carboxylic acids is 3. The number of amides is 4. The van der Waals surface area contributed by atoms with Gasteiger partial charge in [0, 0.05) is 37.4 Å². The van der Waals surface area contributed by atoms with Crippen molar-refractivity contribution in [1.29, 1.82) is 0 Å². The van der Waals surface area contributed by atoms with E-state index in [1.165, 1.54) is 0 Å². The molecule has 0 radical (unpaired) electrons. The molecule has 0 spiro atoms. The predicted molar refractivity (Wildman–Crippen MR) is 115 cm³/mol. The van der Waals surface area contributed by atoms with Crippen molar-refractivity contribution in [2.75, 3.05) is 30.4 Å². The molecule has 0 aromatic heterocycles. The van der Waals surface area contributed by atoms with Gasteiger partial charge in [-0.2, -0.15) is 0 Å². The third-order valence-corrected chi connectivity index (χ3v) is 4.32. The summed E-state index contributed by atoms with van der Waals surface area (Å²) in [7, 11) is 1.75. The highest BCUT2D eigenvalue weighted by atomic mass is 16.2. The van der Waals surface area contributed by atoms with E-state index in [0.29, 0.717) is 18.8 Å². The molecule has 2 rings (SSSR count). The van der Waals surface area contributed by atoms with Gasteiger partial charge in [-0.25, -0.2) is 4.79 Å². The molecule has 0 saturated carbocycles. The van der Waals surface area contributed by atoms with E-state index in [0.717, 1.165) is 11.3 Å². The Morgan fingerprint density at radius 2 is 1.52 bits per heavy atom. The van der Waals surface area contributed by atoms with Crippen LogP contribution in [-0.4, -0.2) is 38.0 Å². The van der Waals surface area contributed by atoms with E-state index in [1.807, 2.05) is 56.3 Å². The zero-order valence-corrected chi connectivity index (χ0v) is 17.1. The van der Waals surface area contributed by atoms with Gasteiger partial charge in [-0.1, -0.05) is 44.2 Å². The second-order valence-electron chi connectivity index (χ2n) is 6.99. The van der Waals surface area contributed by atoms with Crippen LogP contribution in [0.1, 0.15) is 19.4 Å². The Labute approximate surface area is 171 Å². The van der Waals surface area contributed by atoms with Gasteiger partial charge in [-0.05, 0) is 29.8 Å². The fraction of sp³-hybridized carbons (Fsp3) is 0.318. The fourth-order valence-electron chi connectivity index (χ4n) is 2.54. The first-order valence-corrected chi connectivity index (χ1v) is 9.60. The van der Waals surface area contributed by atoms with Crippen LogP contribution in [0, 0.1) is 5.92 Å². The van der Waals surface area contributed by atoms with Crippen molar-refractivity contribution in [3.05, 3.63) is 60.2 Å². The minimum atomic E-state index is -0.351. The lowest BCUT2D eigenvalue weighted by atomic mass is 10.1. The number of carbonyl (C=O) groups is 3. The molecule has 0 bridgehead atoms. The Balaban J connectivity index is 1.77. The maximum Gasteiger partial charge on any atom is 0.319 e. The number of benzene rings is 2. The summed E-state index contributed by atoms with van der Waals surface area (Å²) < 4.78 is 0. The van der Waals surface area contributed by atoms with E-state index in [-0.39, 0.29) is 30.2 Å². The van der Waals surface area contributed by atoms with Crippen molar-refractivity contribution in [1.82, 2.24) is 10.6 Å². The zero-order chi connectivity index (χ0) is 21.2. The Bertz CT molecular complexity index is 820. The molecular formula is C22H28N4O3. The summed E-state index contributed by atoms with van der Waals surface area (Å²) in [6, 6.07) is 16.3. The normalized spacial score (nSPS) is 10.3. The van der Waals surface area contributed by atoms with Crippen LogP contribution in [0.4, 0.5) is 16.2 Å². The van der Waals surface area contributed by atoms with Crippen LogP contribution < -0.4 is 20.9 Å². The molecule has 2 aromatic rings. The van der Waals surface area contributed by atoms with Crippen LogP contribution in [0.3, 0.4) is 0 Å². The lowest BCUT2D eigenvalue weighted by Crippen LogP contribution is -2.38. The van der Waals surface area contributed by atoms with Crippen LogP contribution in [0.5, 0.6) is 0 Å². The average Bonchev–Trinajstić information content (AvgIpc) is 2.72. The third-order valence-electron chi connectivity index (χ3n) is 4.32. The number of hydrogen-bond acceptors (Lipinski definition) is 3. The maximum absolute atomic E-state index is 12.4. The number of nitrogens with one attached hydrogen (secondary N) is 3. The summed E-state index contributed by atoms with van der Waals surface area (Å²) in [4.78, 5) is 37.4. The fourth-order valence-corrected chi connectivity index (χ4v) is 2.54. The summed E-state index contributed by atoms with van der Waals surface area (Å²) in [5.41, 5.74) is 2.33. The van der Waals surface area contributed by atoms with Gasteiger partial charge in [0.2, 0.25) is 11.8 Å². The highest BCUT2D eigenvalue weighted by Gasteiger charge is 2.11. The van der Waals surface area contributed by atoms with Crippen LogP contribution in [0.2, 0.25) is 0 Å². The van der Waals surface area contributed by atoms with E-state index in [2.05, 4.69) is 16.0 Å². The molecule has 0 aliphatic heterocycles.